The first-order chi connectivity index (χ1) is 9.56. The van der Waals surface area contributed by atoms with E-state index < -0.39 is 16.4 Å². The van der Waals surface area contributed by atoms with E-state index >= 15 is 0 Å². The predicted octanol–water partition coefficient (Wildman–Crippen LogP) is 3.50. The number of halogens is 1. The van der Waals surface area contributed by atoms with Crippen LogP contribution in [0.5, 0.6) is 0 Å². The normalized spacial score (nSPS) is 17.3. The van der Waals surface area contributed by atoms with Crippen LogP contribution in [-0.4, -0.2) is 22.5 Å². The summed E-state index contributed by atoms with van der Waals surface area (Å²) in [5, 5.41) is 13.9. The molecule has 2 rings (SSSR count). The molecule has 1 aliphatic carbocycles. The van der Waals surface area contributed by atoms with Crippen molar-refractivity contribution in [3.8, 4) is 0 Å². The van der Waals surface area contributed by atoms with Gasteiger partial charge in [0.05, 0.1) is 4.92 Å². The monoisotopic (exact) mass is 298 g/mol. The lowest BCUT2D eigenvalue weighted by Crippen LogP contribution is -2.34. The highest BCUT2D eigenvalue weighted by molar-refractivity contribution is 8.00. The number of nitro groups is 1. The Balaban J connectivity index is 1.91. The fourth-order valence-electron chi connectivity index (χ4n) is 2.72. The largest absolute Gasteiger partial charge is 0.311 e. The molecule has 4 nitrogen and oxygen atoms in total. The zero-order valence-corrected chi connectivity index (χ0v) is 12.3. The van der Waals surface area contributed by atoms with E-state index in [-0.39, 0.29) is 0 Å². The van der Waals surface area contributed by atoms with E-state index in [1.54, 1.807) is 6.07 Å². The molecule has 1 fully saturated rings. The quantitative estimate of drug-likeness (QED) is 0.645. The second kappa shape index (κ2) is 6.54. The van der Waals surface area contributed by atoms with Crippen LogP contribution in [-0.2, 0) is 6.54 Å². The molecule has 0 amide bonds. The van der Waals surface area contributed by atoms with Gasteiger partial charge >= 0.3 is 5.69 Å². The van der Waals surface area contributed by atoms with Gasteiger partial charge in [-0.05, 0) is 30.7 Å². The van der Waals surface area contributed by atoms with Crippen LogP contribution in [0, 0.1) is 15.9 Å². The van der Waals surface area contributed by atoms with Gasteiger partial charge in [0, 0.05) is 23.9 Å². The van der Waals surface area contributed by atoms with Crippen molar-refractivity contribution >= 4 is 17.4 Å². The summed E-state index contributed by atoms with van der Waals surface area (Å²) < 4.78 is 13.8. The van der Waals surface area contributed by atoms with Crippen LogP contribution < -0.4 is 5.32 Å². The number of nitrogens with one attached hydrogen (secondary N) is 1. The molecule has 0 heterocycles. The highest BCUT2D eigenvalue weighted by Gasteiger charge is 2.32. The lowest BCUT2D eigenvalue weighted by Gasteiger charge is -2.27. The van der Waals surface area contributed by atoms with Gasteiger partial charge in [0.2, 0.25) is 5.82 Å². The van der Waals surface area contributed by atoms with Gasteiger partial charge in [-0.3, -0.25) is 10.1 Å². The first-order valence-electron chi connectivity index (χ1n) is 6.75. The van der Waals surface area contributed by atoms with Gasteiger partial charge in [-0.1, -0.05) is 18.9 Å². The van der Waals surface area contributed by atoms with Crippen LogP contribution in [0.1, 0.15) is 31.2 Å². The Morgan fingerprint density at radius 3 is 2.70 bits per heavy atom. The Kier molecular flexibility index (Phi) is 4.99. The molecule has 0 aliphatic heterocycles. The van der Waals surface area contributed by atoms with Gasteiger partial charge in [-0.25, -0.2) is 0 Å². The molecule has 1 N–H and O–H groups in total. The summed E-state index contributed by atoms with van der Waals surface area (Å²) in [5.41, 5.74) is 0.271. The first kappa shape index (κ1) is 15.3. The van der Waals surface area contributed by atoms with E-state index in [1.807, 2.05) is 11.8 Å². The second-order valence-corrected chi connectivity index (χ2v) is 6.51. The van der Waals surface area contributed by atoms with Crippen molar-refractivity contribution in [3.05, 3.63) is 39.7 Å². The Labute approximate surface area is 122 Å². The molecular formula is C14H19FN2O2S. The minimum Gasteiger partial charge on any atom is -0.311 e. The zero-order valence-electron chi connectivity index (χ0n) is 11.5. The van der Waals surface area contributed by atoms with Gasteiger partial charge in [0.15, 0.2) is 0 Å². The van der Waals surface area contributed by atoms with Crippen molar-refractivity contribution < 1.29 is 9.31 Å². The summed E-state index contributed by atoms with van der Waals surface area (Å²) in [5.74, 6) is -0.769. The zero-order chi connectivity index (χ0) is 14.6. The summed E-state index contributed by atoms with van der Waals surface area (Å²) in [4.78, 5) is 9.85. The summed E-state index contributed by atoms with van der Waals surface area (Å²) in [7, 11) is 0. The Bertz CT molecular complexity index is 490. The van der Waals surface area contributed by atoms with Crippen LogP contribution in [0.4, 0.5) is 10.1 Å². The average molecular weight is 298 g/mol. The molecule has 1 saturated carbocycles. The summed E-state index contributed by atoms with van der Waals surface area (Å²) in [6.45, 7) is 1.43. The fourth-order valence-corrected chi connectivity index (χ4v) is 3.66. The molecule has 1 aromatic carbocycles. The molecule has 1 aliphatic rings. The maximum atomic E-state index is 13.5. The van der Waals surface area contributed by atoms with Crippen molar-refractivity contribution in [3.63, 3.8) is 0 Å². The van der Waals surface area contributed by atoms with Gasteiger partial charge in [0.25, 0.3) is 0 Å². The standard InChI is InChI=1S/C14H19FN2O2S/c1-20-14(6-2-3-7-14)10-16-9-11-4-5-13(17(18)19)12(15)8-11/h4-5,8,16H,2-3,6-7,9-10H2,1H3. The van der Waals surface area contributed by atoms with Crippen molar-refractivity contribution in [1.82, 2.24) is 5.32 Å². The van der Waals surface area contributed by atoms with E-state index in [0.29, 0.717) is 11.3 Å². The molecule has 110 valence electrons. The molecule has 0 atom stereocenters. The van der Waals surface area contributed by atoms with Gasteiger partial charge in [-0.2, -0.15) is 16.2 Å². The van der Waals surface area contributed by atoms with Crippen molar-refractivity contribution in [1.29, 1.82) is 0 Å². The number of hydrogen-bond acceptors (Lipinski definition) is 4. The number of rotatable bonds is 6. The molecule has 0 bridgehead atoms. The van der Waals surface area contributed by atoms with Crippen LogP contribution in [0.3, 0.4) is 0 Å². The smallest absolute Gasteiger partial charge is 0.304 e. The van der Waals surface area contributed by atoms with Crippen LogP contribution in [0.2, 0.25) is 0 Å². The van der Waals surface area contributed by atoms with Crippen LogP contribution >= 0.6 is 11.8 Å². The van der Waals surface area contributed by atoms with E-state index in [1.165, 1.54) is 37.8 Å². The molecular weight excluding hydrogens is 279 g/mol. The third-order valence-corrected chi connectivity index (χ3v) is 5.35. The fraction of sp³-hybridized carbons (Fsp3) is 0.571. The maximum Gasteiger partial charge on any atom is 0.304 e. The minimum atomic E-state index is -0.769. The highest BCUT2D eigenvalue weighted by atomic mass is 32.2. The van der Waals surface area contributed by atoms with E-state index in [4.69, 9.17) is 0 Å². The van der Waals surface area contributed by atoms with Crippen LogP contribution in [0.25, 0.3) is 0 Å². The molecule has 0 spiro atoms. The van der Waals surface area contributed by atoms with Crippen LogP contribution in [0.15, 0.2) is 18.2 Å². The van der Waals surface area contributed by atoms with Gasteiger partial charge in [-0.15, -0.1) is 0 Å². The third-order valence-electron chi connectivity index (χ3n) is 3.93. The molecule has 0 saturated heterocycles. The lowest BCUT2D eigenvalue weighted by molar-refractivity contribution is -0.387. The number of hydrogen-bond donors (Lipinski definition) is 1. The molecule has 1 aromatic rings. The minimum absolute atomic E-state index is 0.305. The number of nitro benzene ring substituents is 1. The first-order valence-corrected chi connectivity index (χ1v) is 7.97. The summed E-state index contributed by atoms with van der Waals surface area (Å²) >= 11 is 1.90. The molecule has 0 aromatic heterocycles. The second-order valence-electron chi connectivity index (χ2n) is 5.24. The predicted molar refractivity (Wildman–Crippen MR) is 79.5 cm³/mol. The number of thioether (sulfide) groups is 1. The van der Waals surface area contributed by atoms with Gasteiger partial charge < -0.3 is 5.32 Å². The van der Waals surface area contributed by atoms with Crippen molar-refractivity contribution in [2.75, 3.05) is 12.8 Å². The lowest BCUT2D eigenvalue weighted by atomic mass is 10.1. The van der Waals surface area contributed by atoms with E-state index in [0.717, 1.165) is 12.1 Å². The van der Waals surface area contributed by atoms with Crippen molar-refractivity contribution in [2.24, 2.45) is 0 Å². The molecule has 0 radical (unpaired) electrons. The Morgan fingerprint density at radius 2 is 2.15 bits per heavy atom. The maximum absolute atomic E-state index is 13.5. The van der Waals surface area contributed by atoms with Crippen molar-refractivity contribution in [2.45, 2.75) is 37.0 Å². The Morgan fingerprint density at radius 1 is 1.45 bits per heavy atom. The molecule has 20 heavy (non-hydrogen) atoms. The molecule has 0 unspecified atom stereocenters. The number of benzene rings is 1. The van der Waals surface area contributed by atoms with Gasteiger partial charge in [0.1, 0.15) is 0 Å². The summed E-state index contributed by atoms with van der Waals surface area (Å²) in [6, 6.07) is 4.08. The SMILES string of the molecule is CSC1(CNCc2ccc([N+](=O)[O-])c(F)c2)CCCC1. The summed E-state index contributed by atoms with van der Waals surface area (Å²) in [6.07, 6.45) is 7.12. The van der Waals surface area contributed by atoms with E-state index in [2.05, 4.69) is 11.6 Å². The average Bonchev–Trinajstić information content (AvgIpc) is 2.88. The molecule has 6 heteroatoms. The topological polar surface area (TPSA) is 55.2 Å². The highest BCUT2D eigenvalue weighted by Crippen LogP contribution is 2.39. The van der Waals surface area contributed by atoms with E-state index in [9.17, 15) is 14.5 Å². The number of nitrogens with zero attached hydrogens (tertiary/aromatic N) is 1. The third kappa shape index (κ3) is 3.49. The Hall–Kier alpha value is -1.14.